The Morgan fingerprint density at radius 2 is 2.00 bits per heavy atom. The minimum Gasteiger partial charge on any atom is -0.383 e. The van der Waals surface area contributed by atoms with Crippen molar-refractivity contribution in [3.8, 4) is 0 Å². The lowest BCUT2D eigenvalue weighted by Gasteiger charge is -2.22. The predicted molar refractivity (Wildman–Crippen MR) is 110 cm³/mol. The Bertz CT molecular complexity index is 309. The Hall–Kier alpha value is -0.0800. The van der Waals surface area contributed by atoms with E-state index in [2.05, 4.69) is 41.3 Å². The fourth-order valence-electron chi connectivity index (χ4n) is 2.48. The second-order valence-corrected chi connectivity index (χ2v) is 6.48. The van der Waals surface area contributed by atoms with E-state index in [1.165, 1.54) is 19.3 Å². The van der Waals surface area contributed by atoms with Gasteiger partial charge in [-0.1, -0.05) is 13.8 Å². The van der Waals surface area contributed by atoms with Crippen LogP contribution in [0.4, 0.5) is 0 Å². The highest BCUT2D eigenvalue weighted by molar-refractivity contribution is 14.0. The van der Waals surface area contributed by atoms with Gasteiger partial charge >= 0.3 is 0 Å². The van der Waals surface area contributed by atoms with Crippen LogP contribution in [0, 0.1) is 5.92 Å². The van der Waals surface area contributed by atoms with E-state index in [9.17, 15) is 0 Å². The summed E-state index contributed by atoms with van der Waals surface area (Å²) in [5.74, 6) is 1.72. The fourth-order valence-corrected chi connectivity index (χ4v) is 2.48. The molecule has 0 spiro atoms. The van der Waals surface area contributed by atoms with Crippen LogP contribution in [-0.2, 0) is 4.74 Å². The average molecular weight is 440 g/mol. The molecule has 23 heavy (non-hydrogen) atoms. The number of aliphatic imine (C=N–C) groups is 1. The third kappa shape index (κ3) is 12.0. The lowest BCUT2D eigenvalue weighted by molar-refractivity contribution is 0.144. The summed E-state index contributed by atoms with van der Waals surface area (Å²) in [6.45, 7) is 12.3. The molecule has 1 saturated carbocycles. The average Bonchev–Trinajstić information content (AvgIpc) is 3.31. The van der Waals surface area contributed by atoms with Gasteiger partial charge in [0.15, 0.2) is 5.96 Å². The number of halogens is 1. The largest absolute Gasteiger partial charge is 0.383 e. The monoisotopic (exact) mass is 440 g/mol. The summed E-state index contributed by atoms with van der Waals surface area (Å²) >= 11 is 0. The van der Waals surface area contributed by atoms with Crippen molar-refractivity contribution < 1.29 is 4.74 Å². The number of ether oxygens (including phenoxy) is 1. The van der Waals surface area contributed by atoms with E-state index in [4.69, 9.17) is 4.74 Å². The van der Waals surface area contributed by atoms with Gasteiger partial charge in [-0.2, -0.15) is 0 Å². The van der Waals surface area contributed by atoms with E-state index in [-0.39, 0.29) is 24.0 Å². The van der Waals surface area contributed by atoms with E-state index in [0.717, 1.165) is 63.7 Å². The number of rotatable bonds is 12. The van der Waals surface area contributed by atoms with Gasteiger partial charge in [-0.05, 0) is 38.5 Å². The van der Waals surface area contributed by atoms with Crippen LogP contribution in [0.2, 0.25) is 0 Å². The van der Waals surface area contributed by atoms with Gasteiger partial charge in [-0.15, -0.1) is 24.0 Å². The molecule has 0 bridgehead atoms. The summed E-state index contributed by atoms with van der Waals surface area (Å²) < 4.78 is 5.20. The summed E-state index contributed by atoms with van der Waals surface area (Å²) in [6, 6.07) is 0.780. The van der Waals surface area contributed by atoms with Crippen LogP contribution >= 0.6 is 24.0 Å². The number of hydrogen-bond acceptors (Lipinski definition) is 3. The zero-order chi connectivity index (χ0) is 16.2. The summed E-state index contributed by atoms with van der Waals surface area (Å²) in [6.07, 6.45) is 5.09. The molecule has 0 amide bonds. The predicted octanol–water partition coefficient (Wildman–Crippen LogP) is 2.71. The van der Waals surface area contributed by atoms with E-state index >= 15 is 0 Å². The quantitative estimate of drug-likeness (QED) is 0.212. The SMILES string of the molecule is CCNC(=NCCCC(C)C)NCCN(CCOC)C1CC1.I. The molecular weight excluding hydrogens is 403 g/mol. The van der Waals surface area contributed by atoms with Crippen LogP contribution in [0.25, 0.3) is 0 Å². The Labute approximate surface area is 160 Å². The zero-order valence-corrected chi connectivity index (χ0v) is 17.8. The summed E-state index contributed by atoms with van der Waals surface area (Å²) in [4.78, 5) is 7.18. The number of methoxy groups -OCH3 is 1. The summed E-state index contributed by atoms with van der Waals surface area (Å²) in [5, 5.41) is 6.78. The van der Waals surface area contributed by atoms with Gasteiger partial charge in [0.2, 0.25) is 0 Å². The number of nitrogens with one attached hydrogen (secondary N) is 2. The normalized spacial score (nSPS) is 15.0. The Kier molecular flexibility index (Phi) is 14.2. The lowest BCUT2D eigenvalue weighted by atomic mass is 10.1. The lowest BCUT2D eigenvalue weighted by Crippen LogP contribution is -2.42. The second kappa shape index (κ2) is 14.3. The van der Waals surface area contributed by atoms with Gasteiger partial charge < -0.3 is 15.4 Å². The molecule has 0 aromatic heterocycles. The van der Waals surface area contributed by atoms with E-state index in [0.29, 0.717) is 0 Å². The van der Waals surface area contributed by atoms with Crippen LogP contribution in [0.1, 0.15) is 46.5 Å². The van der Waals surface area contributed by atoms with Crippen molar-refractivity contribution in [2.75, 3.05) is 46.4 Å². The topological polar surface area (TPSA) is 48.9 Å². The molecule has 2 N–H and O–H groups in total. The standard InChI is InChI=1S/C17H36N4O.HI/c1-5-18-17(19-10-6-7-15(2)3)20-11-12-21(13-14-22-4)16-8-9-16;/h15-16H,5-14H2,1-4H3,(H2,18,19,20);1H. The first kappa shape index (κ1) is 22.9. The molecule has 6 heteroatoms. The highest BCUT2D eigenvalue weighted by Crippen LogP contribution is 2.25. The van der Waals surface area contributed by atoms with E-state index in [1.807, 2.05) is 0 Å². The molecular formula is C17H37IN4O. The van der Waals surface area contributed by atoms with Crippen molar-refractivity contribution in [1.82, 2.24) is 15.5 Å². The summed E-state index contributed by atoms with van der Waals surface area (Å²) in [7, 11) is 1.77. The maximum Gasteiger partial charge on any atom is 0.191 e. The number of guanidine groups is 1. The van der Waals surface area contributed by atoms with Gasteiger partial charge in [0.1, 0.15) is 0 Å². The third-order valence-corrected chi connectivity index (χ3v) is 3.89. The van der Waals surface area contributed by atoms with Gasteiger partial charge in [-0.3, -0.25) is 9.89 Å². The molecule has 0 unspecified atom stereocenters. The molecule has 0 saturated heterocycles. The van der Waals surface area contributed by atoms with Crippen molar-refractivity contribution in [3.05, 3.63) is 0 Å². The highest BCUT2D eigenvalue weighted by Gasteiger charge is 2.28. The molecule has 1 rings (SSSR count). The molecule has 0 aliphatic heterocycles. The third-order valence-electron chi connectivity index (χ3n) is 3.89. The first-order valence-corrected chi connectivity index (χ1v) is 8.92. The Morgan fingerprint density at radius 1 is 1.26 bits per heavy atom. The minimum absolute atomic E-state index is 0. The van der Waals surface area contributed by atoms with Gasteiger partial charge in [0.25, 0.3) is 0 Å². The molecule has 1 aliphatic carbocycles. The Morgan fingerprint density at radius 3 is 2.57 bits per heavy atom. The van der Waals surface area contributed by atoms with Crippen LogP contribution in [0.5, 0.6) is 0 Å². The maximum absolute atomic E-state index is 5.20. The molecule has 0 aromatic carbocycles. The number of nitrogens with zero attached hydrogens (tertiary/aromatic N) is 2. The summed E-state index contributed by atoms with van der Waals surface area (Å²) in [5.41, 5.74) is 0. The zero-order valence-electron chi connectivity index (χ0n) is 15.4. The van der Waals surface area contributed by atoms with E-state index < -0.39 is 0 Å². The molecule has 1 fully saturated rings. The fraction of sp³-hybridized carbons (Fsp3) is 0.941. The minimum atomic E-state index is 0. The van der Waals surface area contributed by atoms with Crippen LogP contribution in [-0.4, -0.2) is 63.3 Å². The van der Waals surface area contributed by atoms with E-state index in [1.54, 1.807) is 7.11 Å². The van der Waals surface area contributed by atoms with Crippen LogP contribution < -0.4 is 10.6 Å². The molecule has 0 atom stereocenters. The van der Waals surface area contributed by atoms with Crippen molar-refractivity contribution in [1.29, 1.82) is 0 Å². The van der Waals surface area contributed by atoms with Crippen molar-refractivity contribution >= 4 is 29.9 Å². The molecule has 1 aliphatic rings. The maximum atomic E-state index is 5.20. The van der Waals surface area contributed by atoms with Gasteiger partial charge in [-0.25, -0.2) is 0 Å². The molecule has 0 aromatic rings. The number of hydrogen-bond donors (Lipinski definition) is 2. The molecule has 138 valence electrons. The Balaban J connectivity index is 0.00000484. The first-order valence-electron chi connectivity index (χ1n) is 8.92. The highest BCUT2D eigenvalue weighted by atomic mass is 127. The smallest absolute Gasteiger partial charge is 0.191 e. The van der Waals surface area contributed by atoms with Crippen molar-refractivity contribution in [3.63, 3.8) is 0 Å². The van der Waals surface area contributed by atoms with Crippen molar-refractivity contribution in [2.24, 2.45) is 10.9 Å². The first-order chi connectivity index (χ1) is 10.7. The molecule has 0 heterocycles. The van der Waals surface area contributed by atoms with Crippen LogP contribution in [0.3, 0.4) is 0 Å². The molecule has 5 nitrogen and oxygen atoms in total. The van der Waals surface area contributed by atoms with Gasteiger partial charge in [0.05, 0.1) is 6.61 Å². The second-order valence-electron chi connectivity index (χ2n) is 6.48. The van der Waals surface area contributed by atoms with Gasteiger partial charge in [0, 0.05) is 45.9 Å². The molecule has 0 radical (unpaired) electrons. The van der Waals surface area contributed by atoms with Crippen LogP contribution in [0.15, 0.2) is 4.99 Å². The van der Waals surface area contributed by atoms with Crippen molar-refractivity contribution in [2.45, 2.75) is 52.5 Å².